The van der Waals surface area contributed by atoms with Crippen molar-refractivity contribution in [2.24, 2.45) is 0 Å². The van der Waals surface area contributed by atoms with Gasteiger partial charge in [-0.3, -0.25) is 0 Å². The van der Waals surface area contributed by atoms with Gasteiger partial charge in [0.2, 0.25) is 5.82 Å². The second-order valence-corrected chi connectivity index (χ2v) is 4.82. The van der Waals surface area contributed by atoms with Gasteiger partial charge in [0, 0.05) is 16.2 Å². The second kappa shape index (κ2) is 3.85. The van der Waals surface area contributed by atoms with Crippen molar-refractivity contribution in [1.29, 1.82) is 0 Å². The van der Waals surface area contributed by atoms with E-state index in [1.165, 1.54) is 6.07 Å². The summed E-state index contributed by atoms with van der Waals surface area (Å²) in [7, 11) is 0. The van der Waals surface area contributed by atoms with Crippen LogP contribution in [0.3, 0.4) is 0 Å². The van der Waals surface area contributed by atoms with Crippen LogP contribution in [0.5, 0.6) is 0 Å². The third-order valence-corrected chi connectivity index (χ3v) is 3.08. The van der Waals surface area contributed by atoms with E-state index in [0.717, 1.165) is 0 Å². The molecular formula is C7HBr2ClF3N3. The topological polar surface area (TPSA) is 30.7 Å². The molecule has 0 fully saturated rings. The van der Waals surface area contributed by atoms with Crippen LogP contribution in [0.4, 0.5) is 13.2 Å². The fraction of sp³-hybridized carbons (Fsp3) is 0.143. The van der Waals surface area contributed by atoms with E-state index < -0.39 is 12.0 Å². The highest BCUT2D eigenvalue weighted by Crippen LogP contribution is 2.34. The van der Waals surface area contributed by atoms with Gasteiger partial charge in [0.25, 0.3) is 0 Å². The number of alkyl halides is 3. The minimum atomic E-state index is -4.62. The third kappa shape index (κ3) is 1.93. The van der Waals surface area contributed by atoms with Gasteiger partial charge >= 0.3 is 6.18 Å². The SMILES string of the molecule is FC(F)(F)c1nc2nc(Br)cc(Br)c2n1Cl. The summed E-state index contributed by atoms with van der Waals surface area (Å²) in [6.45, 7) is 0. The zero-order valence-electron chi connectivity index (χ0n) is 7.19. The maximum Gasteiger partial charge on any atom is 0.451 e. The molecule has 0 unspecified atom stereocenters. The van der Waals surface area contributed by atoms with Gasteiger partial charge in [0.1, 0.15) is 10.1 Å². The predicted octanol–water partition coefficient (Wildman–Crippen LogP) is 3.98. The molecule has 2 aromatic rings. The molecule has 16 heavy (non-hydrogen) atoms. The summed E-state index contributed by atoms with van der Waals surface area (Å²) in [5.74, 6) is -1.20. The van der Waals surface area contributed by atoms with Crippen molar-refractivity contribution in [3.05, 3.63) is 21.0 Å². The minimum Gasteiger partial charge on any atom is -0.227 e. The van der Waals surface area contributed by atoms with E-state index in [2.05, 4.69) is 41.8 Å². The summed E-state index contributed by atoms with van der Waals surface area (Å²) in [6, 6.07) is 1.49. The molecule has 0 saturated carbocycles. The molecule has 0 atom stereocenters. The number of hydrogen-bond donors (Lipinski definition) is 0. The number of aromatic nitrogens is 3. The van der Waals surface area contributed by atoms with Crippen molar-refractivity contribution in [1.82, 2.24) is 14.1 Å². The maximum atomic E-state index is 12.5. The van der Waals surface area contributed by atoms with Gasteiger partial charge in [-0.2, -0.15) is 13.2 Å². The van der Waals surface area contributed by atoms with E-state index in [4.69, 9.17) is 11.8 Å². The summed E-state index contributed by atoms with van der Waals surface area (Å²) in [5.41, 5.74) is 0.000710. The highest BCUT2D eigenvalue weighted by Gasteiger charge is 2.38. The Labute approximate surface area is 109 Å². The number of hydrogen-bond acceptors (Lipinski definition) is 2. The first-order valence-corrected chi connectivity index (χ1v) is 5.71. The molecule has 2 rings (SSSR count). The Morgan fingerprint density at radius 3 is 2.44 bits per heavy atom. The quantitative estimate of drug-likeness (QED) is 0.649. The highest BCUT2D eigenvalue weighted by molar-refractivity contribution is 9.11. The Balaban J connectivity index is 2.83. The van der Waals surface area contributed by atoms with Crippen molar-refractivity contribution >= 4 is 54.8 Å². The van der Waals surface area contributed by atoms with Gasteiger partial charge in [0.15, 0.2) is 5.65 Å². The zero-order chi connectivity index (χ0) is 12.1. The van der Waals surface area contributed by atoms with Crippen LogP contribution in [-0.4, -0.2) is 14.1 Å². The van der Waals surface area contributed by atoms with Gasteiger partial charge < -0.3 is 0 Å². The van der Waals surface area contributed by atoms with Crippen molar-refractivity contribution in [2.75, 3.05) is 0 Å². The van der Waals surface area contributed by atoms with Crippen LogP contribution in [0, 0.1) is 0 Å². The Morgan fingerprint density at radius 1 is 1.25 bits per heavy atom. The van der Waals surface area contributed by atoms with E-state index in [1.807, 2.05) is 0 Å². The fourth-order valence-corrected chi connectivity index (χ4v) is 2.83. The van der Waals surface area contributed by atoms with Gasteiger partial charge in [-0.25, -0.2) is 14.1 Å². The smallest absolute Gasteiger partial charge is 0.227 e. The van der Waals surface area contributed by atoms with E-state index in [-0.39, 0.29) is 11.2 Å². The van der Waals surface area contributed by atoms with Crippen molar-refractivity contribution in [3.8, 4) is 0 Å². The van der Waals surface area contributed by atoms with Crippen LogP contribution < -0.4 is 0 Å². The molecule has 0 aliphatic heterocycles. The van der Waals surface area contributed by atoms with Gasteiger partial charge in [-0.15, -0.1) is 0 Å². The summed E-state index contributed by atoms with van der Waals surface area (Å²) >= 11 is 11.7. The first-order chi connectivity index (χ1) is 7.30. The standard InChI is InChI=1S/C7HBr2ClF3N3/c8-2-1-3(9)14-5-4(2)16(10)6(15-5)7(11,12)13/h1H. The highest BCUT2D eigenvalue weighted by atomic mass is 79.9. The van der Waals surface area contributed by atoms with Crippen molar-refractivity contribution < 1.29 is 13.2 Å². The van der Waals surface area contributed by atoms with E-state index in [1.54, 1.807) is 0 Å². The molecule has 0 aliphatic rings. The van der Waals surface area contributed by atoms with Crippen LogP contribution in [-0.2, 0) is 6.18 Å². The van der Waals surface area contributed by atoms with Crippen LogP contribution in [0.15, 0.2) is 15.1 Å². The van der Waals surface area contributed by atoms with Gasteiger partial charge in [-0.05, 0) is 37.9 Å². The van der Waals surface area contributed by atoms with E-state index in [0.29, 0.717) is 13.2 Å². The Morgan fingerprint density at radius 2 is 1.88 bits per heavy atom. The lowest BCUT2D eigenvalue weighted by Gasteiger charge is -2.03. The molecule has 9 heteroatoms. The van der Waals surface area contributed by atoms with Crippen molar-refractivity contribution in [2.45, 2.75) is 6.18 Å². The lowest BCUT2D eigenvalue weighted by molar-refractivity contribution is -0.145. The minimum absolute atomic E-state index is 0.0800. The van der Waals surface area contributed by atoms with Crippen LogP contribution in [0.1, 0.15) is 5.82 Å². The average Bonchev–Trinajstić information content (AvgIpc) is 2.41. The van der Waals surface area contributed by atoms with Crippen LogP contribution in [0.2, 0.25) is 0 Å². The summed E-state index contributed by atoms with van der Waals surface area (Å²) in [6.07, 6.45) is -4.62. The molecule has 0 spiro atoms. The van der Waals surface area contributed by atoms with Gasteiger partial charge in [-0.1, -0.05) is 0 Å². The maximum absolute atomic E-state index is 12.5. The first-order valence-electron chi connectivity index (χ1n) is 3.78. The summed E-state index contributed by atoms with van der Waals surface area (Å²) in [5, 5.41) is 0. The Bertz CT molecular complexity index is 566. The Kier molecular flexibility index (Phi) is 2.92. The molecule has 0 aromatic carbocycles. The number of halogens is 6. The molecular weight excluding hydrogens is 378 g/mol. The van der Waals surface area contributed by atoms with Crippen molar-refractivity contribution in [3.63, 3.8) is 0 Å². The van der Waals surface area contributed by atoms with E-state index >= 15 is 0 Å². The largest absolute Gasteiger partial charge is 0.451 e. The van der Waals surface area contributed by atoms with Crippen LogP contribution in [0.25, 0.3) is 11.2 Å². The predicted molar refractivity (Wildman–Crippen MR) is 59.2 cm³/mol. The molecule has 2 aromatic heterocycles. The van der Waals surface area contributed by atoms with Gasteiger partial charge in [0.05, 0.1) is 0 Å². The van der Waals surface area contributed by atoms with Crippen LogP contribution >= 0.6 is 43.6 Å². The molecule has 0 amide bonds. The fourth-order valence-electron chi connectivity index (χ4n) is 1.15. The molecule has 3 nitrogen and oxygen atoms in total. The summed E-state index contributed by atoms with van der Waals surface area (Å²) < 4.78 is 38.7. The lowest BCUT2D eigenvalue weighted by Crippen LogP contribution is -2.10. The molecule has 0 aliphatic carbocycles. The lowest BCUT2D eigenvalue weighted by atomic mass is 10.4. The molecule has 86 valence electrons. The number of nitrogens with zero attached hydrogens (tertiary/aromatic N) is 3. The first kappa shape index (κ1) is 12.1. The molecule has 0 N–H and O–H groups in total. The average molecular weight is 379 g/mol. The summed E-state index contributed by atoms with van der Waals surface area (Å²) in [4.78, 5) is 7.14. The number of pyridine rings is 1. The number of fused-ring (bicyclic) bond motifs is 1. The monoisotopic (exact) mass is 377 g/mol. The molecule has 0 radical (unpaired) electrons. The molecule has 2 heterocycles. The normalized spacial score (nSPS) is 12.4. The molecule has 0 bridgehead atoms. The third-order valence-electron chi connectivity index (χ3n) is 1.74. The molecule has 0 saturated heterocycles. The second-order valence-electron chi connectivity index (χ2n) is 2.81. The van der Waals surface area contributed by atoms with E-state index in [9.17, 15) is 13.2 Å². The Hall–Kier alpha value is -0.340. The number of rotatable bonds is 0. The zero-order valence-corrected chi connectivity index (χ0v) is 11.1. The number of imidazole rings is 1.